The molecule has 0 atom stereocenters. The van der Waals surface area contributed by atoms with Crippen molar-refractivity contribution in [3.8, 4) is 5.69 Å². The van der Waals surface area contributed by atoms with E-state index in [1.807, 2.05) is 22.9 Å². The molecule has 162 valence electrons. The first-order valence-corrected chi connectivity index (χ1v) is 10.6. The number of carbonyl (C=O) groups is 2. The lowest BCUT2D eigenvalue weighted by molar-refractivity contribution is 0.102. The highest BCUT2D eigenvalue weighted by Gasteiger charge is 2.13. The number of nitrogens with two attached hydrogens (primary N) is 1. The van der Waals surface area contributed by atoms with Gasteiger partial charge in [0.05, 0.1) is 17.6 Å². The molecular formula is C22H20N6O3S. The lowest BCUT2D eigenvalue weighted by Gasteiger charge is -2.08. The number of aromatic nitrogens is 3. The van der Waals surface area contributed by atoms with Gasteiger partial charge in [-0.1, -0.05) is 18.2 Å². The van der Waals surface area contributed by atoms with Crippen LogP contribution >= 0.6 is 11.3 Å². The summed E-state index contributed by atoms with van der Waals surface area (Å²) in [4.78, 5) is 28.4. The van der Waals surface area contributed by atoms with Crippen LogP contribution in [0.3, 0.4) is 0 Å². The third-order valence-corrected chi connectivity index (χ3v) is 5.16. The lowest BCUT2D eigenvalue weighted by Crippen LogP contribution is -2.23. The van der Waals surface area contributed by atoms with Crippen molar-refractivity contribution < 1.29 is 14.3 Å². The summed E-state index contributed by atoms with van der Waals surface area (Å²) in [6, 6.07) is 12.3. The molecule has 10 heteroatoms. The van der Waals surface area contributed by atoms with Crippen molar-refractivity contribution in [2.24, 2.45) is 0 Å². The summed E-state index contributed by atoms with van der Waals surface area (Å²) >= 11 is 1.54. The number of benzene rings is 1. The van der Waals surface area contributed by atoms with Gasteiger partial charge in [0.25, 0.3) is 5.91 Å². The fourth-order valence-corrected chi connectivity index (χ4v) is 3.44. The molecule has 4 N–H and O–H groups in total. The second-order valence-electron chi connectivity index (χ2n) is 6.80. The third kappa shape index (κ3) is 5.29. The fraction of sp³-hybridized carbons (Fsp3) is 0.0909. The maximum atomic E-state index is 12.5. The Labute approximate surface area is 187 Å². The summed E-state index contributed by atoms with van der Waals surface area (Å²) in [6.07, 6.45) is 4.45. The predicted octanol–water partition coefficient (Wildman–Crippen LogP) is 3.59. The number of amides is 2. The molecule has 32 heavy (non-hydrogen) atoms. The number of thiophene rings is 1. The van der Waals surface area contributed by atoms with Gasteiger partial charge in [-0.15, -0.1) is 5.10 Å². The Morgan fingerprint density at radius 2 is 1.97 bits per heavy atom. The molecule has 4 rings (SSSR count). The maximum absolute atomic E-state index is 12.5. The van der Waals surface area contributed by atoms with Crippen LogP contribution in [0.5, 0.6) is 0 Å². The molecule has 0 bridgehead atoms. The first-order valence-electron chi connectivity index (χ1n) is 9.66. The van der Waals surface area contributed by atoms with E-state index in [0.717, 1.165) is 16.8 Å². The quantitative estimate of drug-likeness (QED) is 0.397. The monoisotopic (exact) mass is 448 g/mol. The van der Waals surface area contributed by atoms with Crippen LogP contribution in [0.4, 0.5) is 16.3 Å². The summed E-state index contributed by atoms with van der Waals surface area (Å²) in [5.41, 5.74) is 9.27. The smallest absolute Gasteiger partial charge is 0.407 e. The minimum absolute atomic E-state index is 0.0821. The molecule has 0 saturated carbocycles. The third-order valence-electron chi connectivity index (χ3n) is 4.49. The van der Waals surface area contributed by atoms with Gasteiger partial charge in [-0.05, 0) is 40.8 Å². The number of rotatable bonds is 7. The number of hydrogen-bond donors (Lipinski definition) is 3. The summed E-state index contributed by atoms with van der Waals surface area (Å²) in [7, 11) is 0. The number of nitrogen functional groups attached to an aromatic ring is 1. The standard InChI is InChI=1S/C22H20N6O3S/c23-19-12-28(18-7-9-32-14-18)27-20(19)26-21(29)17-5-3-15(4-6-17)13-31-22(30)25-11-16-2-1-8-24-10-16/h1-10,12,14H,11,13,23H2,(H,25,30)(H,26,27,29). The van der Waals surface area contributed by atoms with Gasteiger partial charge in [0.1, 0.15) is 6.61 Å². The van der Waals surface area contributed by atoms with Gasteiger partial charge in [-0.2, -0.15) is 11.3 Å². The molecule has 0 radical (unpaired) electrons. The number of nitrogens with zero attached hydrogens (tertiary/aromatic N) is 3. The molecule has 0 fully saturated rings. The number of pyridine rings is 1. The Hall–Kier alpha value is -4.18. The second-order valence-corrected chi connectivity index (χ2v) is 7.58. The van der Waals surface area contributed by atoms with Crippen LogP contribution < -0.4 is 16.4 Å². The van der Waals surface area contributed by atoms with E-state index in [9.17, 15) is 9.59 Å². The normalized spacial score (nSPS) is 10.5. The highest BCUT2D eigenvalue weighted by Crippen LogP contribution is 2.21. The number of anilines is 2. The SMILES string of the molecule is Nc1cn(-c2ccsc2)nc1NC(=O)c1ccc(COC(=O)NCc2cccnc2)cc1. The molecule has 2 amide bonds. The van der Waals surface area contributed by atoms with Crippen molar-refractivity contribution in [1.29, 1.82) is 0 Å². The largest absolute Gasteiger partial charge is 0.445 e. The molecule has 1 aromatic carbocycles. The van der Waals surface area contributed by atoms with Crippen LogP contribution in [0, 0.1) is 0 Å². The van der Waals surface area contributed by atoms with E-state index in [1.165, 1.54) is 0 Å². The Bertz CT molecular complexity index is 1190. The van der Waals surface area contributed by atoms with E-state index >= 15 is 0 Å². The number of carbonyl (C=O) groups excluding carboxylic acids is 2. The zero-order chi connectivity index (χ0) is 22.3. The number of ether oxygens (including phenoxy) is 1. The molecule has 9 nitrogen and oxygen atoms in total. The lowest BCUT2D eigenvalue weighted by atomic mass is 10.1. The predicted molar refractivity (Wildman–Crippen MR) is 122 cm³/mol. The van der Waals surface area contributed by atoms with Crippen LogP contribution in [0.15, 0.2) is 71.8 Å². The van der Waals surface area contributed by atoms with Gasteiger partial charge in [0, 0.05) is 29.9 Å². The zero-order valence-electron chi connectivity index (χ0n) is 16.9. The molecule has 0 saturated heterocycles. The first-order chi connectivity index (χ1) is 15.6. The highest BCUT2D eigenvalue weighted by atomic mass is 32.1. The zero-order valence-corrected chi connectivity index (χ0v) is 17.7. The summed E-state index contributed by atoms with van der Waals surface area (Å²) in [6.45, 7) is 0.413. The molecule has 3 aromatic heterocycles. The molecule has 0 unspecified atom stereocenters. The van der Waals surface area contributed by atoms with E-state index in [4.69, 9.17) is 10.5 Å². The van der Waals surface area contributed by atoms with Crippen molar-refractivity contribution in [2.75, 3.05) is 11.1 Å². The Kier molecular flexibility index (Phi) is 6.42. The van der Waals surface area contributed by atoms with Crippen molar-refractivity contribution in [1.82, 2.24) is 20.1 Å². The van der Waals surface area contributed by atoms with Crippen LogP contribution in [0.1, 0.15) is 21.5 Å². The number of alkyl carbamates (subject to hydrolysis) is 1. The molecule has 0 aliphatic heterocycles. The number of hydrogen-bond acceptors (Lipinski definition) is 7. The summed E-state index contributed by atoms with van der Waals surface area (Å²) in [5, 5.41) is 13.6. The maximum Gasteiger partial charge on any atom is 0.407 e. The molecule has 0 aliphatic rings. The Balaban J connectivity index is 1.28. The van der Waals surface area contributed by atoms with Gasteiger partial charge in [0.15, 0.2) is 5.82 Å². The van der Waals surface area contributed by atoms with E-state index in [2.05, 4.69) is 20.7 Å². The van der Waals surface area contributed by atoms with Crippen molar-refractivity contribution in [3.05, 3.63) is 88.5 Å². The summed E-state index contributed by atoms with van der Waals surface area (Å²) < 4.78 is 6.81. The average molecular weight is 449 g/mol. The Morgan fingerprint density at radius 1 is 1.12 bits per heavy atom. The summed E-state index contributed by atoms with van der Waals surface area (Å²) in [5.74, 6) is -0.0483. The minimum Gasteiger partial charge on any atom is -0.445 e. The Morgan fingerprint density at radius 3 is 2.69 bits per heavy atom. The van der Waals surface area contributed by atoms with Crippen LogP contribution in [0.2, 0.25) is 0 Å². The minimum atomic E-state index is -0.535. The van der Waals surface area contributed by atoms with Gasteiger partial charge >= 0.3 is 6.09 Å². The van der Waals surface area contributed by atoms with E-state index in [0.29, 0.717) is 23.6 Å². The molecule has 3 heterocycles. The van der Waals surface area contributed by atoms with Gasteiger partial charge in [0.2, 0.25) is 0 Å². The van der Waals surface area contributed by atoms with E-state index in [1.54, 1.807) is 64.9 Å². The number of nitrogens with one attached hydrogen (secondary N) is 2. The van der Waals surface area contributed by atoms with Crippen molar-refractivity contribution >= 4 is 34.8 Å². The van der Waals surface area contributed by atoms with E-state index in [-0.39, 0.29) is 12.5 Å². The van der Waals surface area contributed by atoms with Crippen LogP contribution in [-0.2, 0) is 17.9 Å². The van der Waals surface area contributed by atoms with Crippen LogP contribution in [-0.4, -0.2) is 26.8 Å². The van der Waals surface area contributed by atoms with E-state index < -0.39 is 6.09 Å². The van der Waals surface area contributed by atoms with Crippen LogP contribution in [0.25, 0.3) is 5.69 Å². The first kappa shape index (κ1) is 21.1. The van der Waals surface area contributed by atoms with Gasteiger partial charge in [-0.3, -0.25) is 9.78 Å². The fourth-order valence-electron chi connectivity index (χ4n) is 2.81. The van der Waals surface area contributed by atoms with Gasteiger partial charge < -0.3 is 21.1 Å². The molecular weight excluding hydrogens is 428 g/mol. The molecule has 0 aliphatic carbocycles. The van der Waals surface area contributed by atoms with Crippen molar-refractivity contribution in [2.45, 2.75) is 13.2 Å². The highest BCUT2D eigenvalue weighted by molar-refractivity contribution is 7.08. The topological polar surface area (TPSA) is 124 Å². The average Bonchev–Trinajstić information content (AvgIpc) is 3.47. The molecule has 0 spiro atoms. The van der Waals surface area contributed by atoms with Gasteiger partial charge in [-0.25, -0.2) is 9.48 Å². The second kappa shape index (κ2) is 9.75. The van der Waals surface area contributed by atoms with Crippen molar-refractivity contribution in [3.63, 3.8) is 0 Å². The molecule has 4 aromatic rings.